The average Bonchev–Trinajstić information content (AvgIpc) is 2.43. The molecule has 1 aromatic rings. The highest BCUT2D eigenvalue weighted by Crippen LogP contribution is 2.17. The largest absolute Gasteiger partial charge is 0.329 e. The van der Waals surface area contributed by atoms with Crippen LogP contribution in [-0.4, -0.2) is 66.5 Å². The highest BCUT2D eigenvalue weighted by molar-refractivity contribution is 6.32. The van der Waals surface area contributed by atoms with Gasteiger partial charge in [-0.3, -0.25) is 9.69 Å². The van der Waals surface area contributed by atoms with E-state index in [1.54, 1.807) is 18.3 Å². The lowest BCUT2D eigenvalue weighted by molar-refractivity contribution is -0.118. The van der Waals surface area contributed by atoms with Gasteiger partial charge >= 0.3 is 0 Å². The average molecular weight is 298 g/mol. The Morgan fingerprint density at radius 3 is 3.10 bits per heavy atom. The summed E-state index contributed by atoms with van der Waals surface area (Å²) in [6, 6.07) is 3.68. The zero-order valence-corrected chi connectivity index (χ0v) is 12.3. The molecule has 2 heterocycles. The number of nitrogens with two attached hydrogens (primary N) is 1. The summed E-state index contributed by atoms with van der Waals surface area (Å²) in [6.07, 6.45) is 1.59. The predicted octanol–water partition coefficient (Wildman–Crippen LogP) is 0.248. The number of nitrogens with one attached hydrogen (secondary N) is 1. The van der Waals surface area contributed by atoms with Crippen LogP contribution in [0, 0.1) is 0 Å². The quantitative estimate of drug-likeness (QED) is 0.779. The Morgan fingerprint density at radius 2 is 2.40 bits per heavy atom. The van der Waals surface area contributed by atoms with E-state index in [9.17, 15) is 4.79 Å². The summed E-state index contributed by atoms with van der Waals surface area (Å²) >= 11 is 5.92. The summed E-state index contributed by atoms with van der Waals surface area (Å²) in [5, 5.41) is 3.08. The normalized spacial score (nSPS) is 20.9. The number of likely N-dealkylation sites (N-methyl/N-ethyl adjacent to an activating group) is 1. The van der Waals surface area contributed by atoms with E-state index in [0.717, 1.165) is 19.6 Å². The number of halogens is 1. The molecule has 0 spiro atoms. The standard InChI is InChI=1S/C13H20ClN5O/c1-18-5-6-19(10(7-15)8-18)9-12(20)17-11-3-2-4-16-13(11)14/h2-4,10H,5-9,15H2,1H3,(H,17,20). The highest BCUT2D eigenvalue weighted by Gasteiger charge is 2.25. The smallest absolute Gasteiger partial charge is 0.238 e. The van der Waals surface area contributed by atoms with Gasteiger partial charge in [0.15, 0.2) is 5.15 Å². The van der Waals surface area contributed by atoms with Crippen molar-refractivity contribution in [2.45, 2.75) is 6.04 Å². The number of piperazine rings is 1. The fourth-order valence-corrected chi connectivity index (χ4v) is 2.50. The molecule has 1 atom stereocenters. The third-order valence-electron chi connectivity index (χ3n) is 3.46. The fourth-order valence-electron chi connectivity index (χ4n) is 2.33. The Bertz CT molecular complexity index is 470. The van der Waals surface area contributed by atoms with Crippen LogP contribution >= 0.6 is 11.6 Å². The summed E-state index contributed by atoms with van der Waals surface area (Å²) in [5.41, 5.74) is 6.32. The maximum absolute atomic E-state index is 12.1. The van der Waals surface area contributed by atoms with Crippen molar-refractivity contribution in [2.75, 3.05) is 45.1 Å². The van der Waals surface area contributed by atoms with Crippen LogP contribution in [0.1, 0.15) is 0 Å². The van der Waals surface area contributed by atoms with Crippen LogP contribution in [0.3, 0.4) is 0 Å². The predicted molar refractivity (Wildman–Crippen MR) is 79.8 cm³/mol. The van der Waals surface area contributed by atoms with Gasteiger partial charge in [-0.05, 0) is 19.2 Å². The third-order valence-corrected chi connectivity index (χ3v) is 3.76. The summed E-state index contributed by atoms with van der Waals surface area (Å²) in [6.45, 7) is 3.54. The molecule has 1 aromatic heterocycles. The Balaban J connectivity index is 1.92. The molecule has 3 N–H and O–H groups in total. The van der Waals surface area contributed by atoms with Crippen LogP contribution < -0.4 is 11.1 Å². The molecule has 1 fully saturated rings. The first-order valence-corrected chi connectivity index (χ1v) is 7.01. The molecule has 110 valence electrons. The zero-order chi connectivity index (χ0) is 14.5. The van der Waals surface area contributed by atoms with E-state index in [4.69, 9.17) is 17.3 Å². The van der Waals surface area contributed by atoms with E-state index < -0.39 is 0 Å². The Labute approximate surface area is 123 Å². The van der Waals surface area contributed by atoms with Gasteiger partial charge < -0.3 is 16.0 Å². The maximum atomic E-state index is 12.1. The van der Waals surface area contributed by atoms with Gasteiger partial charge in [-0.15, -0.1) is 0 Å². The molecular weight excluding hydrogens is 278 g/mol. The molecule has 1 unspecified atom stereocenters. The van der Waals surface area contributed by atoms with Crippen LogP contribution in [0.4, 0.5) is 5.69 Å². The van der Waals surface area contributed by atoms with E-state index in [-0.39, 0.29) is 11.9 Å². The lowest BCUT2D eigenvalue weighted by Gasteiger charge is -2.39. The molecule has 1 amide bonds. The molecule has 7 heteroatoms. The second kappa shape index (κ2) is 6.99. The summed E-state index contributed by atoms with van der Waals surface area (Å²) in [5.74, 6) is -0.0945. The topological polar surface area (TPSA) is 74.5 Å². The minimum atomic E-state index is -0.0945. The SMILES string of the molecule is CN1CCN(CC(=O)Nc2cccnc2Cl)C(CN)C1. The van der Waals surface area contributed by atoms with Crippen LogP contribution in [0.25, 0.3) is 0 Å². The first kappa shape index (κ1) is 15.2. The van der Waals surface area contributed by atoms with Gasteiger partial charge in [-0.1, -0.05) is 11.6 Å². The van der Waals surface area contributed by atoms with E-state index >= 15 is 0 Å². The van der Waals surface area contributed by atoms with E-state index in [0.29, 0.717) is 23.9 Å². The minimum Gasteiger partial charge on any atom is -0.329 e. The van der Waals surface area contributed by atoms with Crippen molar-refractivity contribution in [3.8, 4) is 0 Å². The first-order valence-electron chi connectivity index (χ1n) is 6.63. The van der Waals surface area contributed by atoms with Crippen LogP contribution in [0.15, 0.2) is 18.3 Å². The van der Waals surface area contributed by atoms with Crippen molar-refractivity contribution < 1.29 is 4.79 Å². The van der Waals surface area contributed by atoms with Crippen molar-refractivity contribution in [3.05, 3.63) is 23.5 Å². The minimum absolute atomic E-state index is 0.0945. The lowest BCUT2D eigenvalue weighted by atomic mass is 10.1. The summed E-state index contributed by atoms with van der Waals surface area (Å²) in [7, 11) is 2.06. The Kier molecular flexibility index (Phi) is 5.31. The van der Waals surface area contributed by atoms with E-state index in [1.165, 1.54) is 0 Å². The number of rotatable bonds is 4. The molecule has 1 aliphatic heterocycles. The van der Waals surface area contributed by atoms with Gasteiger partial charge in [-0.25, -0.2) is 4.98 Å². The van der Waals surface area contributed by atoms with Crippen molar-refractivity contribution >= 4 is 23.2 Å². The molecule has 20 heavy (non-hydrogen) atoms. The number of carbonyl (C=O) groups is 1. The van der Waals surface area contributed by atoms with Crippen molar-refractivity contribution in [2.24, 2.45) is 5.73 Å². The molecule has 6 nitrogen and oxygen atoms in total. The first-order chi connectivity index (χ1) is 9.60. The zero-order valence-electron chi connectivity index (χ0n) is 11.6. The van der Waals surface area contributed by atoms with E-state index in [2.05, 4.69) is 27.1 Å². The van der Waals surface area contributed by atoms with Crippen LogP contribution in [0.5, 0.6) is 0 Å². The second-order valence-electron chi connectivity index (χ2n) is 5.01. The number of carbonyl (C=O) groups excluding carboxylic acids is 1. The molecular formula is C13H20ClN5O. The molecule has 1 aliphatic rings. The molecule has 0 bridgehead atoms. The number of amides is 1. The molecule has 2 rings (SSSR count). The van der Waals surface area contributed by atoms with E-state index in [1.807, 2.05) is 0 Å². The number of hydrogen-bond acceptors (Lipinski definition) is 5. The van der Waals surface area contributed by atoms with Gasteiger partial charge in [0.25, 0.3) is 0 Å². The van der Waals surface area contributed by atoms with Gasteiger partial charge in [0.05, 0.1) is 12.2 Å². The Morgan fingerprint density at radius 1 is 1.60 bits per heavy atom. The Hall–Kier alpha value is -1.21. The third kappa shape index (κ3) is 3.89. The van der Waals surface area contributed by atoms with Gasteiger partial charge in [-0.2, -0.15) is 0 Å². The number of aromatic nitrogens is 1. The molecule has 0 aromatic carbocycles. The lowest BCUT2D eigenvalue weighted by Crippen LogP contribution is -2.56. The van der Waals surface area contributed by atoms with Gasteiger partial charge in [0.1, 0.15) is 0 Å². The number of anilines is 1. The van der Waals surface area contributed by atoms with Crippen molar-refractivity contribution in [1.29, 1.82) is 0 Å². The van der Waals surface area contributed by atoms with Crippen LogP contribution in [-0.2, 0) is 4.79 Å². The maximum Gasteiger partial charge on any atom is 0.238 e. The number of pyridine rings is 1. The van der Waals surface area contributed by atoms with Crippen LogP contribution in [0.2, 0.25) is 5.15 Å². The second-order valence-corrected chi connectivity index (χ2v) is 5.37. The van der Waals surface area contributed by atoms with Crippen molar-refractivity contribution in [3.63, 3.8) is 0 Å². The number of nitrogens with zero attached hydrogens (tertiary/aromatic N) is 3. The molecule has 0 radical (unpaired) electrons. The van der Waals surface area contributed by atoms with Gasteiger partial charge in [0, 0.05) is 38.4 Å². The molecule has 0 saturated carbocycles. The van der Waals surface area contributed by atoms with Gasteiger partial charge in [0.2, 0.25) is 5.91 Å². The monoisotopic (exact) mass is 297 g/mol. The fraction of sp³-hybridized carbons (Fsp3) is 0.538. The summed E-state index contributed by atoms with van der Waals surface area (Å²) in [4.78, 5) is 20.3. The highest BCUT2D eigenvalue weighted by atomic mass is 35.5. The van der Waals surface area contributed by atoms with Crippen molar-refractivity contribution in [1.82, 2.24) is 14.8 Å². The molecule has 0 aliphatic carbocycles. The molecule has 1 saturated heterocycles. The number of hydrogen-bond donors (Lipinski definition) is 2. The summed E-state index contributed by atoms with van der Waals surface area (Å²) < 4.78 is 0.